The van der Waals surface area contributed by atoms with E-state index in [-0.39, 0.29) is 29.0 Å². The highest BCUT2D eigenvalue weighted by Gasteiger charge is 2.28. The maximum absolute atomic E-state index is 13.0. The molecule has 2 aromatic heterocycles. The molecule has 2 aromatic rings. The van der Waals surface area contributed by atoms with Gasteiger partial charge in [0.1, 0.15) is 5.65 Å². The van der Waals surface area contributed by atoms with Gasteiger partial charge >= 0.3 is 11.7 Å². The van der Waals surface area contributed by atoms with E-state index in [0.29, 0.717) is 38.2 Å². The van der Waals surface area contributed by atoms with Gasteiger partial charge in [-0.15, -0.1) is 0 Å². The largest absolute Gasteiger partial charge is 0.469 e. The number of fused-ring (bicyclic) bond motifs is 1. The second-order valence-electron chi connectivity index (χ2n) is 7.26. The van der Waals surface area contributed by atoms with Crippen molar-refractivity contribution < 1.29 is 14.3 Å². The number of hydrogen-bond acceptors (Lipinski definition) is 7. The summed E-state index contributed by atoms with van der Waals surface area (Å²) in [6.45, 7) is 4.23. The van der Waals surface area contributed by atoms with Gasteiger partial charge in [0.2, 0.25) is 0 Å². The lowest BCUT2D eigenvalue weighted by molar-refractivity contribution is -0.141. The zero-order valence-corrected chi connectivity index (χ0v) is 17.0. The molecule has 1 aliphatic rings. The van der Waals surface area contributed by atoms with Crippen LogP contribution in [0.5, 0.6) is 0 Å². The predicted molar refractivity (Wildman–Crippen MR) is 106 cm³/mol. The van der Waals surface area contributed by atoms with Crippen molar-refractivity contribution in [2.75, 3.05) is 33.3 Å². The zero-order chi connectivity index (χ0) is 21.3. The molecule has 3 heterocycles. The molecule has 0 N–H and O–H groups in total. The Morgan fingerprint density at radius 2 is 1.93 bits per heavy atom. The maximum Gasteiger partial charge on any atom is 0.332 e. The lowest BCUT2D eigenvalue weighted by atomic mass is 10.1. The number of amides is 1. The molecule has 1 saturated heterocycles. The van der Waals surface area contributed by atoms with E-state index >= 15 is 0 Å². The molecule has 0 saturated carbocycles. The fourth-order valence-electron chi connectivity index (χ4n) is 3.61. The monoisotopic (exact) mass is 403 g/mol. The highest BCUT2D eigenvalue weighted by atomic mass is 16.5. The van der Waals surface area contributed by atoms with Crippen LogP contribution in [-0.4, -0.2) is 75.1 Å². The third-order valence-corrected chi connectivity index (χ3v) is 5.42. The topological polar surface area (TPSA) is 107 Å². The Hall–Kier alpha value is -3.01. The van der Waals surface area contributed by atoms with Crippen molar-refractivity contribution in [1.82, 2.24) is 23.9 Å². The minimum Gasteiger partial charge on any atom is -0.469 e. The number of ether oxygens (including phenoxy) is 1. The first-order chi connectivity index (χ1) is 13.7. The summed E-state index contributed by atoms with van der Waals surface area (Å²) in [6, 6.07) is 1.58. The summed E-state index contributed by atoms with van der Waals surface area (Å²) >= 11 is 0. The van der Waals surface area contributed by atoms with Gasteiger partial charge in [-0.3, -0.25) is 28.4 Å². The van der Waals surface area contributed by atoms with Gasteiger partial charge in [0, 0.05) is 52.5 Å². The first kappa shape index (κ1) is 20.7. The minimum atomic E-state index is -0.480. The average Bonchev–Trinajstić information content (AvgIpc) is 2.74. The van der Waals surface area contributed by atoms with Gasteiger partial charge in [0.15, 0.2) is 0 Å². The highest BCUT2D eigenvalue weighted by molar-refractivity contribution is 5.96. The number of carbonyl (C=O) groups is 2. The highest BCUT2D eigenvalue weighted by Crippen LogP contribution is 2.15. The lowest BCUT2D eigenvalue weighted by Crippen LogP contribution is -2.54. The molecule has 0 spiro atoms. The normalized spacial score (nSPS) is 17.5. The summed E-state index contributed by atoms with van der Waals surface area (Å²) in [4.78, 5) is 56.8. The molecule has 0 aromatic carbocycles. The molecular formula is C19H25N5O5. The van der Waals surface area contributed by atoms with Gasteiger partial charge in [-0.2, -0.15) is 0 Å². The van der Waals surface area contributed by atoms with Crippen LogP contribution in [0.3, 0.4) is 0 Å². The average molecular weight is 403 g/mol. The lowest BCUT2D eigenvalue weighted by Gasteiger charge is -2.39. The molecular weight excluding hydrogens is 378 g/mol. The van der Waals surface area contributed by atoms with E-state index in [9.17, 15) is 19.2 Å². The number of piperazine rings is 1. The van der Waals surface area contributed by atoms with Crippen LogP contribution < -0.4 is 11.2 Å². The summed E-state index contributed by atoms with van der Waals surface area (Å²) in [5, 5.41) is 0.227. The number of hydrogen-bond donors (Lipinski definition) is 0. The standard InChI is InChI=1S/C19H25N5O5/c1-12-11-24(8-7-23(12)6-5-15(25)29-4)17(26)13-9-14-16(20-10-13)21(2)19(28)22(3)18(14)27/h9-10,12H,5-8,11H2,1-4H3/t12-/m1/s1. The van der Waals surface area contributed by atoms with E-state index in [2.05, 4.69) is 14.6 Å². The van der Waals surface area contributed by atoms with E-state index in [1.165, 1.54) is 38.0 Å². The molecule has 1 amide bonds. The Morgan fingerprint density at radius 1 is 1.21 bits per heavy atom. The Kier molecular flexibility index (Phi) is 5.83. The predicted octanol–water partition coefficient (Wildman–Crippen LogP) is -0.658. The third-order valence-electron chi connectivity index (χ3n) is 5.42. The van der Waals surface area contributed by atoms with Crippen molar-refractivity contribution in [2.24, 2.45) is 14.1 Å². The number of nitrogens with zero attached hydrogens (tertiary/aromatic N) is 5. The Bertz CT molecular complexity index is 1070. The van der Waals surface area contributed by atoms with Crippen LogP contribution in [0.25, 0.3) is 11.0 Å². The third kappa shape index (κ3) is 3.93. The van der Waals surface area contributed by atoms with Crippen LogP contribution in [0, 0.1) is 0 Å². The van der Waals surface area contributed by atoms with E-state index in [1.54, 1.807) is 4.90 Å². The summed E-state index contributed by atoms with van der Waals surface area (Å²) in [5.41, 5.74) is -0.392. The fraction of sp³-hybridized carbons (Fsp3) is 0.526. The van der Waals surface area contributed by atoms with Crippen LogP contribution in [0.2, 0.25) is 0 Å². The first-order valence-electron chi connectivity index (χ1n) is 9.40. The second kappa shape index (κ2) is 8.16. The smallest absolute Gasteiger partial charge is 0.332 e. The van der Waals surface area contributed by atoms with E-state index in [0.717, 1.165) is 4.57 Å². The van der Waals surface area contributed by atoms with Gasteiger partial charge in [0.05, 0.1) is 24.5 Å². The van der Waals surface area contributed by atoms with Crippen molar-refractivity contribution in [3.63, 3.8) is 0 Å². The summed E-state index contributed by atoms with van der Waals surface area (Å²) in [6.07, 6.45) is 1.71. The summed E-state index contributed by atoms with van der Waals surface area (Å²) in [7, 11) is 4.30. The number of methoxy groups -OCH3 is 1. The number of aromatic nitrogens is 3. The summed E-state index contributed by atoms with van der Waals surface area (Å²) in [5.74, 6) is -0.469. The minimum absolute atomic E-state index is 0.0828. The van der Waals surface area contributed by atoms with Gasteiger partial charge in [-0.25, -0.2) is 9.78 Å². The molecule has 1 atom stereocenters. The van der Waals surface area contributed by atoms with Gasteiger partial charge < -0.3 is 9.64 Å². The molecule has 156 valence electrons. The molecule has 10 heteroatoms. The molecule has 3 rings (SSSR count). The van der Waals surface area contributed by atoms with Crippen molar-refractivity contribution in [1.29, 1.82) is 0 Å². The molecule has 0 aliphatic carbocycles. The molecule has 0 bridgehead atoms. The first-order valence-corrected chi connectivity index (χ1v) is 9.40. The molecule has 29 heavy (non-hydrogen) atoms. The van der Waals surface area contributed by atoms with Crippen LogP contribution in [0.4, 0.5) is 0 Å². The van der Waals surface area contributed by atoms with Crippen molar-refractivity contribution in [2.45, 2.75) is 19.4 Å². The Labute approximate surface area is 167 Å². The quantitative estimate of drug-likeness (QED) is 0.624. The van der Waals surface area contributed by atoms with Gasteiger partial charge in [-0.05, 0) is 13.0 Å². The van der Waals surface area contributed by atoms with Crippen LogP contribution in [0.1, 0.15) is 23.7 Å². The SMILES string of the molecule is COC(=O)CCN1CCN(C(=O)c2cnc3c(c2)c(=O)n(C)c(=O)n3C)C[C@H]1C. The van der Waals surface area contributed by atoms with Crippen molar-refractivity contribution in [3.05, 3.63) is 38.7 Å². The Balaban J connectivity index is 1.79. The molecule has 0 radical (unpaired) electrons. The van der Waals surface area contributed by atoms with Gasteiger partial charge in [-0.1, -0.05) is 0 Å². The maximum atomic E-state index is 13.0. The number of carbonyl (C=O) groups excluding carboxylic acids is 2. The van der Waals surface area contributed by atoms with Crippen LogP contribution in [-0.2, 0) is 23.6 Å². The van der Waals surface area contributed by atoms with Crippen molar-refractivity contribution >= 4 is 22.9 Å². The summed E-state index contributed by atoms with van der Waals surface area (Å²) < 4.78 is 6.96. The van der Waals surface area contributed by atoms with Gasteiger partial charge in [0.25, 0.3) is 11.5 Å². The number of pyridine rings is 1. The number of rotatable bonds is 4. The fourth-order valence-corrected chi connectivity index (χ4v) is 3.61. The number of esters is 1. The van der Waals surface area contributed by atoms with E-state index in [4.69, 9.17) is 0 Å². The molecule has 0 unspecified atom stereocenters. The Morgan fingerprint density at radius 3 is 2.59 bits per heavy atom. The van der Waals surface area contributed by atoms with Crippen LogP contribution >= 0.6 is 0 Å². The van der Waals surface area contributed by atoms with Crippen molar-refractivity contribution in [3.8, 4) is 0 Å². The zero-order valence-electron chi connectivity index (χ0n) is 17.0. The molecule has 1 fully saturated rings. The van der Waals surface area contributed by atoms with E-state index < -0.39 is 11.2 Å². The second-order valence-corrected chi connectivity index (χ2v) is 7.26. The molecule has 10 nitrogen and oxygen atoms in total. The number of aryl methyl sites for hydroxylation is 1. The molecule has 1 aliphatic heterocycles. The van der Waals surface area contributed by atoms with E-state index in [1.807, 2.05) is 6.92 Å². The van der Waals surface area contributed by atoms with Crippen LogP contribution in [0.15, 0.2) is 21.9 Å².